The molecule has 2 aromatic carbocycles. The average Bonchev–Trinajstić information content (AvgIpc) is 2.59. The van der Waals surface area contributed by atoms with Crippen molar-refractivity contribution in [3.05, 3.63) is 76.1 Å². The molecule has 0 N–H and O–H groups in total. The van der Waals surface area contributed by atoms with Crippen LogP contribution in [0.1, 0.15) is 16.1 Å². The molecule has 0 radical (unpaired) electrons. The molecule has 0 aliphatic rings. The van der Waals surface area contributed by atoms with Crippen LogP contribution in [-0.2, 0) is 11.3 Å². The number of para-hydroxylation sites is 2. The Balaban J connectivity index is 1.73. The van der Waals surface area contributed by atoms with Crippen LogP contribution in [-0.4, -0.2) is 20.9 Å². The van der Waals surface area contributed by atoms with Gasteiger partial charge >= 0.3 is 5.97 Å². The summed E-state index contributed by atoms with van der Waals surface area (Å²) in [5.74, 6) is -0.630. The van der Waals surface area contributed by atoms with Gasteiger partial charge in [-0.2, -0.15) is 0 Å². The highest BCUT2D eigenvalue weighted by Crippen LogP contribution is 2.15. The van der Waals surface area contributed by atoms with Gasteiger partial charge in [0.2, 0.25) is 0 Å². The Hall–Kier alpha value is -3.35. The number of nitrogens with zero attached hydrogens (tertiary/aromatic N) is 3. The highest BCUT2D eigenvalue weighted by molar-refractivity contribution is 5.89. The topological polar surface area (TPSA) is 95.2 Å². The maximum absolute atomic E-state index is 12.0. The quantitative estimate of drug-likeness (QED) is 0.418. The minimum Gasteiger partial charge on any atom is -0.456 e. The van der Waals surface area contributed by atoms with Crippen molar-refractivity contribution in [3.63, 3.8) is 0 Å². The fraction of sp³-hybridized carbons (Fsp3) is 0.0625. The molecule has 7 nitrogen and oxygen atoms in total. The molecule has 0 amide bonds. The highest BCUT2D eigenvalue weighted by atomic mass is 16.6. The summed E-state index contributed by atoms with van der Waals surface area (Å²) in [6, 6.07) is 13.1. The number of nitro benzene ring substituents is 1. The van der Waals surface area contributed by atoms with Gasteiger partial charge in [-0.1, -0.05) is 24.3 Å². The van der Waals surface area contributed by atoms with Gasteiger partial charge in [0, 0.05) is 12.1 Å². The molecule has 0 spiro atoms. The summed E-state index contributed by atoms with van der Waals surface area (Å²) in [5.41, 5.74) is 1.85. The zero-order valence-corrected chi connectivity index (χ0v) is 11.9. The van der Waals surface area contributed by atoms with Crippen LogP contribution in [0.5, 0.6) is 0 Å². The first kappa shape index (κ1) is 14.6. The van der Waals surface area contributed by atoms with E-state index in [9.17, 15) is 14.9 Å². The summed E-state index contributed by atoms with van der Waals surface area (Å²) in [7, 11) is 0. The smallest absolute Gasteiger partial charge is 0.358 e. The van der Waals surface area contributed by atoms with E-state index >= 15 is 0 Å². The standard InChI is InChI=1S/C16H11N3O4/c20-16(15-9-17-13-6-1-2-7-14(13)18-15)23-10-11-4-3-5-12(8-11)19(21)22/h1-9H,10H2. The van der Waals surface area contributed by atoms with Gasteiger partial charge in [0.15, 0.2) is 5.69 Å². The van der Waals surface area contributed by atoms with Crippen molar-refractivity contribution in [3.8, 4) is 0 Å². The molecule has 1 heterocycles. The van der Waals surface area contributed by atoms with E-state index in [4.69, 9.17) is 4.74 Å². The number of carbonyl (C=O) groups excluding carboxylic acids is 1. The molecule has 0 aliphatic carbocycles. The van der Waals surface area contributed by atoms with Crippen LogP contribution >= 0.6 is 0 Å². The first-order chi connectivity index (χ1) is 11.1. The molecular weight excluding hydrogens is 298 g/mol. The first-order valence-electron chi connectivity index (χ1n) is 6.76. The highest BCUT2D eigenvalue weighted by Gasteiger charge is 2.12. The largest absolute Gasteiger partial charge is 0.456 e. The summed E-state index contributed by atoms with van der Waals surface area (Å²) >= 11 is 0. The van der Waals surface area contributed by atoms with Crippen LogP contribution in [0.2, 0.25) is 0 Å². The van der Waals surface area contributed by atoms with E-state index in [1.54, 1.807) is 24.3 Å². The number of ether oxygens (including phenoxy) is 1. The van der Waals surface area contributed by atoms with Gasteiger partial charge in [-0.25, -0.2) is 9.78 Å². The van der Waals surface area contributed by atoms with Gasteiger partial charge < -0.3 is 4.74 Å². The van der Waals surface area contributed by atoms with E-state index in [0.717, 1.165) is 0 Å². The summed E-state index contributed by atoms with van der Waals surface area (Å²) in [6.07, 6.45) is 1.35. The molecule has 7 heteroatoms. The van der Waals surface area contributed by atoms with Crippen LogP contribution in [0.15, 0.2) is 54.7 Å². The van der Waals surface area contributed by atoms with E-state index in [1.165, 1.54) is 24.4 Å². The monoisotopic (exact) mass is 309 g/mol. The lowest BCUT2D eigenvalue weighted by atomic mass is 10.2. The predicted octanol–water partition coefficient (Wildman–Crippen LogP) is 2.90. The normalized spacial score (nSPS) is 10.4. The predicted molar refractivity (Wildman–Crippen MR) is 81.8 cm³/mol. The SMILES string of the molecule is O=C(OCc1cccc([N+](=O)[O-])c1)c1cnc2ccccc2n1. The Morgan fingerprint density at radius 1 is 1.13 bits per heavy atom. The molecule has 1 aromatic heterocycles. The third-order valence-corrected chi connectivity index (χ3v) is 3.15. The summed E-state index contributed by atoms with van der Waals surface area (Å²) in [5, 5.41) is 10.7. The Bertz CT molecular complexity index is 895. The number of aromatic nitrogens is 2. The van der Waals surface area contributed by atoms with Crippen molar-refractivity contribution in [2.75, 3.05) is 0 Å². The van der Waals surface area contributed by atoms with Crippen LogP contribution in [0.25, 0.3) is 11.0 Å². The van der Waals surface area contributed by atoms with Gasteiger partial charge in [0.25, 0.3) is 5.69 Å². The molecule has 0 aliphatic heterocycles. The number of rotatable bonds is 4. The van der Waals surface area contributed by atoms with Crippen molar-refractivity contribution in [2.45, 2.75) is 6.61 Å². The van der Waals surface area contributed by atoms with Gasteiger partial charge in [-0.05, 0) is 17.7 Å². The van der Waals surface area contributed by atoms with Crippen molar-refractivity contribution in [1.29, 1.82) is 0 Å². The summed E-state index contributed by atoms with van der Waals surface area (Å²) in [6.45, 7) is -0.0744. The van der Waals surface area contributed by atoms with Gasteiger partial charge in [0.1, 0.15) is 6.61 Å². The number of carbonyl (C=O) groups is 1. The second-order valence-corrected chi connectivity index (χ2v) is 4.75. The van der Waals surface area contributed by atoms with Crippen LogP contribution < -0.4 is 0 Å². The number of fused-ring (bicyclic) bond motifs is 1. The molecule has 0 saturated carbocycles. The molecular formula is C16H11N3O4. The minimum atomic E-state index is -0.630. The number of hydrogen-bond donors (Lipinski definition) is 0. The fourth-order valence-electron chi connectivity index (χ4n) is 2.04. The lowest BCUT2D eigenvalue weighted by Crippen LogP contribution is -2.08. The van der Waals surface area contributed by atoms with Gasteiger partial charge in [-0.15, -0.1) is 0 Å². The summed E-state index contributed by atoms with van der Waals surface area (Å²) in [4.78, 5) is 30.6. The Labute approximate surface area is 130 Å². The maximum atomic E-state index is 12.0. The molecule has 0 bridgehead atoms. The van der Waals surface area contributed by atoms with Crippen molar-refractivity contribution in [2.24, 2.45) is 0 Å². The van der Waals surface area contributed by atoms with E-state index < -0.39 is 10.9 Å². The number of hydrogen-bond acceptors (Lipinski definition) is 6. The second-order valence-electron chi connectivity index (χ2n) is 4.75. The molecule has 3 rings (SSSR count). The molecule has 0 fully saturated rings. The molecule has 0 atom stereocenters. The number of esters is 1. The number of non-ortho nitro benzene ring substituents is 1. The molecule has 114 valence electrons. The molecule has 0 unspecified atom stereocenters. The van der Waals surface area contributed by atoms with E-state index in [-0.39, 0.29) is 18.0 Å². The lowest BCUT2D eigenvalue weighted by Gasteiger charge is -2.05. The maximum Gasteiger partial charge on any atom is 0.358 e. The van der Waals surface area contributed by atoms with E-state index in [1.807, 2.05) is 6.07 Å². The van der Waals surface area contributed by atoms with Crippen LogP contribution in [0.3, 0.4) is 0 Å². The first-order valence-corrected chi connectivity index (χ1v) is 6.76. The molecule has 3 aromatic rings. The Morgan fingerprint density at radius 2 is 1.91 bits per heavy atom. The zero-order valence-electron chi connectivity index (χ0n) is 11.9. The van der Waals surface area contributed by atoms with E-state index in [0.29, 0.717) is 16.6 Å². The Morgan fingerprint density at radius 3 is 2.70 bits per heavy atom. The van der Waals surface area contributed by atoms with Gasteiger partial charge in [0.05, 0.1) is 22.2 Å². The molecule has 0 saturated heterocycles. The molecule has 23 heavy (non-hydrogen) atoms. The van der Waals surface area contributed by atoms with Crippen molar-refractivity contribution >= 4 is 22.7 Å². The Kier molecular flexibility index (Phi) is 3.92. The average molecular weight is 309 g/mol. The second kappa shape index (κ2) is 6.18. The number of nitro groups is 1. The lowest BCUT2D eigenvalue weighted by molar-refractivity contribution is -0.384. The van der Waals surface area contributed by atoms with Crippen LogP contribution in [0, 0.1) is 10.1 Å². The van der Waals surface area contributed by atoms with Gasteiger partial charge in [-0.3, -0.25) is 15.1 Å². The third kappa shape index (κ3) is 3.29. The summed E-state index contributed by atoms with van der Waals surface area (Å²) < 4.78 is 5.13. The van der Waals surface area contributed by atoms with Crippen molar-refractivity contribution < 1.29 is 14.5 Å². The third-order valence-electron chi connectivity index (χ3n) is 3.15. The zero-order chi connectivity index (χ0) is 16.2. The minimum absolute atomic E-state index is 0.0518. The number of benzene rings is 2. The van der Waals surface area contributed by atoms with E-state index in [2.05, 4.69) is 9.97 Å². The van der Waals surface area contributed by atoms with Crippen molar-refractivity contribution in [1.82, 2.24) is 9.97 Å². The van der Waals surface area contributed by atoms with Crippen LogP contribution in [0.4, 0.5) is 5.69 Å². The fourth-order valence-corrected chi connectivity index (χ4v) is 2.04.